The molecule has 3 aromatic rings. The lowest BCUT2D eigenvalue weighted by Crippen LogP contribution is -2.12. The average molecular weight is 305 g/mol. The molecule has 0 radical (unpaired) electrons. The first-order chi connectivity index (χ1) is 11.3. The van der Waals surface area contributed by atoms with E-state index in [9.17, 15) is 4.79 Å². The number of benzene rings is 1. The number of carbonyl (C=O) groups excluding carboxylic acids is 1. The van der Waals surface area contributed by atoms with Gasteiger partial charge in [-0.1, -0.05) is 12.1 Å². The highest BCUT2D eigenvalue weighted by Gasteiger charge is 2.09. The highest BCUT2D eigenvalue weighted by molar-refractivity contribution is 5.97. The van der Waals surface area contributed by atoms with Gasteiger partial charge in [0.05, 0.1) is 12.0 Å². The van der Waals surface area contributed by atoms with Crippen LogP contribution in [0.15, 0.2) is 64.3 Å². The second kappa shape index (κ2) is 6.70. The van der Waals surface area contributed by atoms with Crippen LogP contribution in [0.4, 0.5) is 0 Å². The lowest BCUT2D eigenvalue weighted by Gasteiger charge is -2.01. The fourth-order valence-corrected chi connectivity index (χ4v) is 2.13. The fraction of sp³-hybridized carbons (Fsp3) is 0.0556. The van der Waals surface area contributed by atoms with Crippen molar-refractivity contribution in [2.45, 2.75) is 0 Å². The predicted molar refractivity (Wildman–Crippen MR) is 89.6 cm³/mol. The van der Waals surface area contributed by atoms with Crippen LogP contribution in [-0.2, 0) is 0 Å². The molecule has 114 valence electrons. The number of aromatic nitrogens is 2. The van der Waals surface area contributed by atoms with Crippen LogP contribution in [-0.4, -0.2) is 28.9 Å². The quantitative estimate of drug-likeness (QED) is 0.694. The Bertz CT molecular complexity index is 858. The molecule has 2 aromatic heterocycles. The van der Waals surface area contributed by atoms with Crippen molar-refractivity contribution in [3.8, 4) is 0 Å². The number of nitrogens with zero attached hydrogens (tertiary/aromatic N) is 3. The molecule has 5 heteroatoms. The van der Waals surface area contributed by atoms with E-state index in [0.29, 0.717) is 11.3 Å². The van der Waals surface area contributed by atoms with Crippen molar-refractivity contribution in [3.05, 3.63) is 77.5 Å². The maximum Gasteiger partial charge on any atom is 0.278 e. The van der Waals surface area contributed by atoms with E-state index in [0.717, 1.165) is 11.3 Å². The largest absolute Gasteiger partial charge is 0.465 e. The van der Waals surface area contributed by atoms with E-state index >= 15 is 0 Å². The summed E-state index contributed by atoms with van der Waals surface area (Å²) >= 11 is 0. The van der Waals surface area contributed by atoms with Crippen LogP contribution in [0, 0.1) is 0 Å². The van der Waals surface area contributed by atoms with Crippen LogP contribution in [0.5, 0.6) is 0 Å². The fourth-order valence-electron chi connectivity index (χ4n) is 2.13. The Morgan fingerprint density at radius 2 is 2.13 bits per heavy atom. The summed E-state index contributed by atoms with van der Waals surface area (Å²) in [4.78, 5) is 16.4. The third kappa shape index (κ3) is 3.52. The van der Waals surface area contributed by atoms with Crippen molar-refractivity contribution in [3.63, 3.8) is 0 Å². The van der Waals surface area contributed by atoms with Gasteiger partial charge in [-0.05, 0) is 48.0 Å². The van der Waals surface area contributed by atoms with Gasteiger partial charge >= 0.3 is 0 Å². The SMILES string of the molecule is CN=Cc1cccc(C(=O)n2ccc(/C=C/c3ccco3)n2)c1. The van der Waals surface area contributed by atoms with Crippen LogP contribution in [0.25, 0.3) is 12.2 Å². The molecule has 0 N–H and O–H groups in total. The summed E-state index contributed by atoms with van der Waals surface area (Å²) in [6.07, 6.45) is 8.55. The lowest BCUT2D eigenvalue weighted by molar-refractivity contribution is 0.0945. The van der Waals surface area contributed by atoms with Gasteiger partial charge in [-0.3, -0.25) is 9.79 Å². The maximum absolute atomic E-state index is 12.5. The molecular weight excluding hydrogens is 290 g/mol. The molecule has 0 saturated carbocycles. The minimum atomic E-state index is -0.186. The summed E-state index contributed by atoms with van der Waals surface area (Å²) in [5, 5.41) is 4.27. The Balaban J connectivity index is 1.79. The Kier molecular flexibility index (Phi) is 4.29. The molecule has 3 rings (SSSR count). The normalized spacial score (nSPS) is 11.5. The molecule has 5 nitrogen and oxygen atoms in total. The van der Waals surface area contributed by atoms with Gasteiger partial charge < -0.3 is 4.42 Å². The maximum atomic E-state index is 12.5. The molecule has 2 heterocycles. The molecule has 0 spiro atoms. The number of aliphatic imine (C=N–C) groups is 1. The molecule has 0 aliphatic rings. The molecular formula is C18H15N3O2. The summed E-state index contributed by atoms with van der Waals surface area (Å²) in [5.41, 5.74) is 2.12. The molecule has 23 heavy (non-hydrogen) atoms. The number of hydrogen-bond acceptors (Lipinski definition) is 4. The van der Waals surface area contributed by atoms with Crippen molar-refractivity contribution < 1.29 is 9.21 Å². The first-order valence-corrected chi connectivity index (χ1v) is 7.10. The smallest absolute Gasteiger partial charge is 0.278 e. The van der Waals surface area contributed by atoms with Crippen molar-refractivity contribution in [2.24, 2.45) is 4.99 Å². The minimum absolute atomic E-state index is 0.186. The van der Waals surface area contributed by atoms with Crippen molar-refractivity contribution in [2.75, 3.05) is 7.05 Å². The molecule has 0 aliphatic carbocycles. The zero-order valence-corrected chi connectivity index (χ0v) is 12.6. The molecule has 0 aliphatic heterocycles. The first-order valence-electron chi connectivity index (χ1n) is 7.10. The van der Waals surface area contributed by atoms with Crippen LogP contribution in [0.3, 0.4) is 0 Å². The number of furan rings is 1. The van der Waals surface area contributed by atoms with E-state index in [2.05, 4.69) is 10.1 Å². The summed E-state index contributed by atoms with van der Waals surface area (Å²) in [6.45, 7) is 0. The molecule has 0 bridgehead atoms. The van der Waals surface area contributed by atoms with E-state index < -0.39 is 0 Å². The molecule has 0 saturated heterocycles. The first kappa shape index (κ1) is 14.7. The van der Waals surface area contributed by atoms with Crippen molar-refractivity contribution >= 4 is 24.3 Å². The molecule has 0 fully saturated rings. The Hall–Kier alpha value is -3.21. The third-order valence-electron chi connectivity index (χ3n) is 3.19. The second-order valence-corrected chi connectivity index (χ2v) is 4.85. The zero-order valence-electron chi connectivity index (χ0n) is 12.6. The number of carbonyl (C=O) groups is 1. The Morgan fingerprint density at radius 3 is 2.91 bits per heavy atom. The second-order valence-electron chi connectivity index (χ2n) is 4.85. The molecule has 0 atom stereocenters. The standard InChI is InChI=1S/C18H15N3O2/c1-19-13-14-4-2-5-15(12-14)18(22)21-10-9-16(20-21)7-8-17-6-3-11-23-17/h2-13H,1H3/b8-7+,19-13?. The van der Waals surface area contributed by atoms with E-state index in [1.54, 1.807) is 56.1 Å². The van der Waals surface area contributed by atoms with E-state index in [1.165, 1.54) is 4.68 Å². The van der Waals surface area contributed by atoms with E-state index in [-0.39, 0.29) is 5.91 Å². The Labute approximate surface area is 133 Å². The minimum Gasteiger partial charge on any atom is -0.465 e. The van der Waals surface area contributed by atoms with Gasteiger partial charge in [-0.25, -0.2) is 4.68 Å². The summed E-state index contributed by atoms with van der Waals surface area (Å²) in [6, 6.07) is 12.7. The molecule has 0 amide bonds. The summed E-state index contributed by atoms with van der Waals surface area (Å²) < 4.78 is 6.54. The van der Waals surface area contributed by atoms with Crippen molar-refractivity contribution in [1.82, 2.24) is 9.78 Å². The van der Waals surface area contributed by atoms with Crippen LogP contribution < -0.4 is 0 Å². The van der Waals surface area contributed by atoms with Gasteiger partial charge in [-0.2, -0.15) is 5.10 Å². The van der Waals surface area contributed by atoms with E-state index in [1.807, 2.05) is 24.3 Å². The van der Waals surface area contributed by atoms with Crippen LogP contribution in [0.1, 0.15) is 27.4 Å². The monoisotopic (exact) mass is 305 g/mol. The molecule has 0 unspecified atom stereocenters. The van der Waals surface area contributed by atoms with Gasteiger partial charge in [-0.15, -0.1) is 0 Å². The topological polar surface area (TPSA) is 60.4 Å². The predicted octanol–water partition coefficient (Wildman–Crippen LogP) is 3.38. The van der Waals surface area contributed by atoms with Gasteiger partial charge in [0.15, 0.2) is 0 Å². The Morgan fingerprint density at radius 1 is 1.22 bits per heavy atom. The third-order valence-corrected chi connectivity index (χ3v) is 3.19. The number of rotatable bonds is 4. The van der Waals surface area contributed by atoms with Gasteiger partial charge in [0.2, 0.25) is 0 Å². The highest BCUT2D eigenvalue weighted by atomic mass is 16.3. The van der Waals surface area contributed by atoms with Gasteiger partial charge in [0.25, 0.3) is 5.91 Å². The summed E-state index contributed by atoms with van der Waals surface area (Å²) in [7, 11) is 1.69. The van der Waals surface area contributed by atoms with E-state index in [4.69, 9.17) is 4.42 Å². The van der Waals surface area contributed by atoms with Gasteiger partial charge in [0, 0.05) is 25.0 Å². The lowest BCUT2D eigenvalue weighted by atomic mass is 10.1. The number of hydrogen-bond donors (Lipinski definition) is 0. The van der Waals surface area contributed by atoms with Crippen LogP contribution in [0.2, 0.25) is 0 Å². The highest BCUT2D eigenvalue weighted by Crippen LogP contribution is 2.09. The summed E-state index contributed by atoms with van der Waals surface area (Å²) in [5.74, 6) is 0.548. The van der Waals surface area contributed by atoms with Crippen molar-refractivity contribution in [1.29, 1.82) is 0 Å². The molecule has 1 aromatic carbocycles. The average Bonchev–Trinajstić information content (AvgIpc) is 3.24. The van der Waals surface area contributed by atoms with Crippen LogP contribution >= 0.6 is 0 Å². The van der Waals surface area contributed by atoms with Gasteiger partial charge in [0.1, 0.15) is 5.76 Å². The zero-order chi connectivity index (χ0) is 16.1.